The zero-order valence-corrected chi connectivity index (χ0v) is 17.3. The second-order valence-electron chi connectivity index (χ2n) is 7.37. The molecule has 7 nitrogen and oxygen atoms in total. The van der Waals surface area contributed by atoms with Crippen LogP contribution in [0.25, 0.3) is 22.1 Å². The standard InChI is InChI=1S/C21H21F3N6O/c1-4-9-29-16-8-6-5-7-15(16)26-20(29)27-17(31)11-30-19-18(13(3)28-30)14(21(22,23)24)10-12(2)25-19/h5-8,10H,4,9,11H2,1-3H3,(H,26,27,31). The number of carbonyl (C=O) groups is 1. The fourth-order valence-electron chi connectivity index (χ4n) is 3.73. The van der Waals surface area contributed by atoms with Crippen LogP contribution in [0.2, 0.25) is 0 Å². The molecule has 0 saturated heterocycles. The number of pyridine rings is 1. The number of aryl methyl sites for hydroxylation is 3. The van der Waals surface area contributed by atoms with Crippen molar-refractivity contribution in [2.45, 2.75) is 46.5 Å². The number of para-hydroxylation sites is 2. The maximum atomic E-state index is 13.5. The largest absolute Gasteiger partial charge is 0.417 e. The van der Waals surface area contributed by atoms with Gasteiger partial charge in [0.2, 0.25) is 11.9 Å². The quantitative estimate of drug-likeness (QED) is 0.507. The first-order chi connectivity index (χ1) is 14.7. The number of nitrogens with zero attached hydrogens (tertiary/aromatic N) is 5. The number of imidazole rings is 1. The third-order valence-electron chi connectivity index (χ3n) is 4.96. The molecule has 1 amide bonds. The summed E-state index contributed by atoms with van der Waals surface area (Å²) >= 11 is 0. The van der Waals surface area contributed by atoms with E-state index in [0.717, 1.165) is 23.5 Å². The van der Waals surface area contributed by atoms with Gasteiger partial charge < -0.3 is 4.57 Å². The SMILES string of the molecule is CCCn1c(NC(=O)Cn2nc(C)c3c(C(F)(F)F)cc(C)nc32)nc2ccccc21. The summed E-state index contributed by atoms with van der Waals surface area (Å²) in [6, 6.07) is 8.53. The lowest BCUT2D eigenvalue weighted by atomic mass is 10.1. The predicted molar refractivity (Wildman–Crippen MR) is 111 cm³/mol. The van der Waals surface area contributed by atoms with Gasteiger partial charge in [0.15, 0.2) is 5.65 Å². The Bertz CT molecular complexity index is 1290. The summed E-state index contributed by atoms with van der Waals surface area (Å²) in [5.74, 6) is -0.0599. The van der Waals surface area contributed by atoms with Crippen LogP contribution in [0.4, 0.5) is 19.1 Å². The molecule has 10 heteroatoms. The molecule has 3 heterocycles. The molecule has 0 radical (unpaired) electrons. The van der Waals surface area contributed by atoms with Crippen molar-refractivity contribution >= 4 is 33.9 Å². The van der Waals surface area contributed by atoms with E-state index in [4.69, 9.17) is 0 Å². The number of halogens is 3. The highest BCUT2D eigenvalue weighted by Crippen LogP contribution is 2.36. The second-order valence-corrected chi connectivity index (χ2v) is 7.37. The van der Waals surface area contributed by atoms with Crippen molar-refractivity contribution in [2.24, 2.45) is 0 Å². The van der Waals surface area contributed by atoms with Crippen LogP contribution < -0.4 is 5.32 Å². The zero-order valence-electron chi connectivity index (χ0n) is 17.3. The number of hydrogen-bond acceptors (Lipinski definition) is 4. The molecule has 3 aromatic heterocycles. The predicted octanol–water partition coefficient (Wildman–Crippen LogP) is 4.47. The number of aromatic nitrogens is 5. The Morgan fingerprint density at radius 1 is 1.16 bits per heavy atom. The maximum absolute atomic E-state index is 13.5. The minimum absolute atomic E-state index is 0.0297. The molecule has 0 atom stereocenters. The molecule has 0 fully saturated rings. The van der Waals surface area contributed by atoms with E-state index in [2.05, 4.69) is 20.4 Å². The zero-order chi connectivity index (χ0) is 22.3. The molecule has 4 aromatic rings. The summed E-state index contributed by atoms with van der Waals surface area (Å²) in [4.78, 5) is 21.4. The van der Waals surface area contributed by atoms with Crippen molar-refractivity contribution in [3.8, 4) is 0 Å². The number of carbonyl (C=O) groups excluding carboxylic acids is 1. The average molecular weight is 430 g/mol. The van der Waals surface area contributed by atoms with Gasteiger partial charge in [0, 0.05) is 12.2 Å². The molecule has 0 aliphatic heterocycles. The minimum Gasteiger partial charge on any atom is -0.310 e. The summed E-state index contributed by atoms with van der Waals surface area (Å²) in [6.07, 6.45) is -3.70. The Morgan fingerprint density at radius 3 is 2.61 bits per heavy atom. The number of alkyl halides is 3. The lowest BCUT2D eigenvalue weighted by Crippen LogP contribution is -2.22. The van der Waals surface area contributed by atoms with Crippen LogP contribution in [0.15, 0.2) is 30.3 Å². The lowest BCUT2D eigenvalue weighted by Gasteiger charge is -2.11. The molecular weight excluding hydrogens is 409 g/mol. The van der Waals surface area contributed by atoms with Gasteiger partial charge in [-0.2, -0.15) is 18.3 Å². The molecular formula is C21H21F3N6O. The highest BCUT2D eigenvalue weighted by molar-refractivity contribution is 5.92. The number of nitrogens with one attached hydrogen (secondary N) is 1. The molecule has 0 spiro atoms. The molecule has 4 rings (SSSR count). The normalized spacial score (nSPS) is 12.1. The van der Waals surface area contributed by atoms with Gasteiger partial charge in [-0.25, -0.2) is 14.6 Å². The smallest absolute Gasteiger partial charge is 0.310 e. The van der Waals surface area contributed by atoms with Gasteiger partial charge in [-0.1, -0.05) is 19.1 Å². The lowest BCUT2D eigenvalue weighted by molar-refractivity contribution is -0.136. The van der Waals surface area contributed by atoms with Crippen LogP contribution in [-0.2, 0) is 24.1 Å². The van der Waals surface area contributed by atoms with E-state index >= 15 is 0 Å². The van der Waals surface area contributed by atoms with Crippen molar-refractivity contribution in [3.63, 3.8) is 0 Å². The van der Waals surface area contributed by atoms with Crippen LogP contribution in [0.3, 0.4) is 0 Å². The molecule has 162 valence electrons. The van der Waals surface area contributed by atoms with Crippen molar-refractivity contribution < 1.29 is 18.0 Å². The number of fused-ring (bicyclic) bond motifs is 2. The molecule has 0 unspecified atom stereocenters. The van der Waals surface area contributed by atoms with Gasteiger partial charge in [0.1, 0.15) is 6.54 Å². The van der Waals surface area contributed by atoms with Crippen LogP contribution in [-0.4, -0.2) is 30.2 Å². The topological polar surface area (TPSA) is 77.6 Å². The molecule has 1 aromatic carbocycles. The van der Waals surface area contributed by atoms with Crippen molar-refractivity contribution in [2.75, 3.05) is 5.32 Å². The first kappa shape index (κ1) is 20.8. The first-order valence-electron chi connectivity index (χ1n) is 9.86. The van der Waals surface area contributed by atoms with Crippen LogP contribution in [0.5, 0.6) is 0 Å². The number of hydrogen-bond donors (Lipinski definition) is 1. The summed E-state index contributed by atoms with van der Waals surface area (Å²) in [7, 11) is 0. The number of anilines is 1. The Labute approximate surface area is 175 Å². The van der Waals surface area contributed by atoms with Gasteiger partial charge in [-0.15, -0.1) is 0 Å². The molecule has 1 N–H and O–H groups in total. The van der Waals surface area contributed by atoms with E-state index in [1.807, 2.05) is 35.8 Å². The van der Waals surface area contributed by atoms with E-state index in [-0.39, 0.29) is 29.0 Å². The third kappa shape index (κ3) is 3.85. The number of amides is 1. The Hall–Kier alpha value is -3.43. The molecule has 0 bridgehead atoms. The number of rotatable bonds is 5. The van der Waals surface area contributed by atoms with E-state index in [1.54, 1.807) is 0 Å². The summed E-state index contributed by atoms with van der Waals surface area (Å²) in [6.45, 7) is 5.35. The van der Waals surface area contributed by atoms with Crippen molar-refractivity contribution in [1.29, 1.82) is 0 Å². The highest BCUT2D eigenvalue weighted by atomic mass is 19.4. The van der Waals surface area contributed by atoms with Crippen LogP contribution in [0.1, 0.15) is 30.3 Å². The monoisotopic (exact) mass is 430 g/mol. The third-order valence-corrected chi connectivity index (χ3v) is 4.96. The molecule has 0 saturated carbocycles. The van der Waals surface area contributed by atoms with Crippen LogP contribution in [0, 0.1) is 13.8 Å². The fraction of sp³-hybridized carbons (Fsp3) is 0.333. The maximum Gasteiger partial charge on any atom is 0.417 e. The second kappa shape index (κ2) is 7.68. The van der Waals surface area contributed by atoms with Gasteiger partial charge in [-0.3, -0.25) is 10.1 Å². The van der Waals surface area contributed by atoms with Gasteiger partial charge >= 0.3 is 6.18 Å². The number of benzene rings is 1. The minimum atomic E-state index is -4.54. The van der Waals surface area contributed by atoms with Gasteiger partial charge in [0.25, 0.3) is 0 Å². The molecule has 31 heavy (non-hydrogen) atoms. The Balaban J connectivity index is 1.68. The van der Waals surface area contributed by atoms with Gasteiger partial charge in [0.05, 0.1) is 27.7 Å². The van der Waals surface area contributed by atoms with E-state index in [9.17, 15) is 18.0 Å². The highest BCUT2D eigenvalue weighted by Gasteiger charge is 2.35. The van der Waals surface area contributed by atoms with E-state index < -0.39 is 17.6 Å². The summed E-state index contributed by atoms with van der Waals surface area (Å²) in [5.41, 5.74) is 1.24. The fourth-order valence-corrected chi connectivity index (χ4v) is 3.73. The van der Waals surface area contributed by atoms with Gasteiger partial charge in [-0.05, 0) is 38.5 Å². The Kier molecular flexibility index (Phi) is 5.16. The Morgan fingerprint density at radius 2 is 1.90 bits per heavy atom. The van der Waals surface area contributed by atoms with E-state index in [0.29, 0.717) is 12.5 Å². The summed E-state index contributed by atoms with van der Waals surface area (Å²) in [5, 5.41) is 6.83. The molecule has 0 aliphatic carbocycles. The van der Waals surface area contributed by atoms with Crippen LogP contribution >= 0.6 is 0 Å². The van der Waals surface area contributed by atoms with Crippen molar-refractivity contribution in [3.05, 3.63) is 47.3 Å². The molecule has 0 aliphatic rings. The average Bonchev–Trinajstić information content (AvgIpc) is 3.18. The van der Waals surface area contributed by atoms with E-state index in [1.165, 1.54) is 18.5 Å². The van der Waals surface area contributed by atoms with Crippen molar-refractivity contribution in [1.82, 2.24) is 24.3 Å². The summed E-state index contributed by atoms with van der Waals surface area (Å²) < 4.78 is 43.6. The first-order valence-corrected chi connectivity index (χ1v) is 9.86.